The fourth-order valence-corrected chi connectivity index (χ4v) is 2.01. The Bertz CT molecular complexity index is 540. The summed E-state index contributed by atoms with van der Waals surface area (Å²) in [5.41, 5.74) is 6.02. The molecule has 20 heavy (non-hydrogen) atoms. The first-order valence-corrected chi connectivity index (χ1v) is 6.43. The van der Waals surface area contributed by atoms with E-state index < -0.39 is 0 Å². The summed E-state index contributed by atoms with van der Waals surface area (Å²) in [7, 11) is 0. The van der Waals surface area contributed by atoms with Gasteiger partial charge in [-0.25, -0.2) is 0 Å². The molecule has 1 fully saturated rings. The number of ether oxygens (including phenoxy) is 1. The zero-order valence-electron chi connectivity index (χ0n) is 11.6. The minimum absolute atomic E-state index is 0.00477. The zero-order chi connectivity index (χ0) is 14.8. The van der Waals surface area contributed by atoms with Crippen LogP contribution in [-0.4, -0.2) is 23.6 Å². The molecule has 0 saturated heterocycles. The van der Waals surface area contributed by atoms with Crippen molar-refractivity contribution in [2.45, 2.75) is 20.3 Å². The van der Waals surface area contributed by atoms with E-state index in [0.29, 0.717) is 11.4 Å². The molecule has 6 nitrogen and oxygen atoms in total. The molecule has 1 aliphatic carbocycles. The summed E-state index contributed by atoms with van der Waals surface area (Å²) < 4.78 is 5.41. The standard InChI is InChI=1S/C14H19N3O3/c1-14(2)7-9(14)13(18)16-10-5-3-4-6-11(10)20-8-12(15)17-19/h3-6,9,19H,7-8H2,1-2H3,(H2,15,17)(H,16,18). The molecule has 0 bridgehead atoms. The van der Waals surface area contributed by atoms with Crippen LogP contribution in [0.4, 0.5) is 5.69 Å². The molecule has 1 aromatic rings. The summed E-state index contributed by atoms with van der Waals surface area (Å²) in [6, 6.07) is 7.08. The average molecular weight is 277 g/mol. The molecule has 0 heterocycles. The third kappa shape index (κ3) is 3.20. The van der Waals surface area contributed by atoms with Crippen LogP contribution in [0.25, 0.3) is 0 Å². The first kappa shape index (κ1) is 14.2. The van der Waals surface area contributed by atoms with Gasteiger partial charge in [0.15, 0.2) is 5.84 Å². The van der Waals surface area contributed by atoms with E-state index in [-0.39, 0.29) is 29.7 Å². The second kappa shape index (κ2) is 5.40. The number of amides is 1. The molecule has 0 aliphatic heterocycles. The smallest absolute Gasteiger partial charge is 0.228 e. The van der Waals surface area contributed by atoms with Gasteiger partial charge in [-0.3, -0.25) is 4.79 Å². The fraction of sp³-hybridized carbons (Fsp3) is 0.429. The van der Waals surface area contributed by atoms with Gasteiger partial charge in [0.1, 0.15) is 12.4 Å². The Morgan fingerprint density at radius 2 is 2.20 bits per heavy atom. The topological polar surface area (TPSA) is 96.9 Å². The van der Waals surface area contributed by atoms with Crippen molar-refractivity contribution < 1.29 is 14.7 Å². The summed E-state index contributed by atoms with van der Waals surface area (Å²) in [6.07, 6.45) is 0.895. The van der Waals surface area contributed by atoms with Crippen molar-refractivity contribution in [3.05, 3.63) is 24.3 Å². The van der Waals surface area contributed by atoms with Gasteiger partial charge >= 0.3 is 0 Å². The molecule has 6 heteroatoms. The van der Waals surface area contributed by atoms with Crippen molar-refractivity contribution in [2.75, 3.05) is 11.9 Å². The van der Waals surface area contributed by atoms with Crippen molar-refractivity contribution >= 4 is 17.4 Å². The quantitative estimate of drug-likeness (QED) is 0.331. The number of oxime groups is 1. The van der Waals surface area contributed by atoms with Crippen molar-refractivity contribution in [3.63, 3.8) is 0 Å². The molecular weight excluding hydrogens is 258 g/mol. The van der Waals surface area contributed by atoms with E-state index in [1.165, 1.54) is 0 Å². The number of rotatable bonds is 5. The lowest BCUT2D eigenvalue weighted by Crippen LogP contribution is -2.22. The lowest BCUT2D eigenvalue weighted by molar-refractivity contribution is -0.118. The van der Waals surface area contributed by atoms with Gasteiger partial charge < -0.3 is 21.0 Å². The SMILES string of the molecule is CC1(C)CC1C(=O)Nc1ccccc1OC/C(N)=N/O. The number of para-hydroxylation sites is 2. The van der Waals surface area contributed by atoms with Crippen molar-refractivity contribution in [1.29, 1.82) is 0 Å². The Balaban J connectivity index is 2.02. The van der Waals surface area contributed by atoms with Crippen LogP contribution in [0.3, 0.4) is 0 Å². The molecule has 4 N–H and O–H groups in total. The van der Waals surface area contributed by atoms with E-state index in [4.69, 9.17) is 15.7 Å². The molecule has 1 amide bonds. The van der Waals surface area contributed by atoms with Gasteiger partial charge in [-0.2, -0.15) is 0 Å². The van der Waals surface area contributed by atoms with Gasteiger partial charge in [0, 0.05) is 5.92 Å². The van der Waals surface area contributed by atoms with Gasteiger partial charge in [-0.15, -0.1) is 0 Å². The molecule has 1 saturated carbocycles. The molecule has 2 rings (SSSR count). The predicted molar refractivity (Wildman–Crippen MR) is 75.9 cm³/mol. The largest absolute Gasteiger partial charge is 0.483 e. The van der Waals surface area contributed by atoms with E-state index in [2.05, 4.69) is 24.3 Å². The van der Waals surface area contributed by atoms with E-state index in [9.17, 15) is 4.79 Å². The molecule has 1 atom stereocenters. The van der Waals surface area contributed by atoms with E-state index >= 15 is 0 Å². The van der Waals surface area contributed by atoms with Crippen molar-refractivity contribution in [1.82, 2.24) is 0 Å². The van der Waals surface area contributed by atoms with Crippen LogP contribution in [0.1, 0.15) is 20.3 Å². The molecule has 1 aromatic carbocycles. The van der Waals surface area contributed by atoms with Gasteiger partial charge in [0.25, 0.3) is 0 Å². The molecule has 0 spiro atoms. The van der Waals surface area contributed by atoms with E-state index in [1.807, 2.05) is 6.07 Å². The molecule has 108 valence electrons. The Morgan fingerprint density at radius 3 is 2.80 bits per heavy atom. The summed E-state index contributed by atoms with van der Waals surface area (Å²) in [6.45, 7) is 4.09. The van der Waals surface area contributed by atoms with E-state index in [1.54, 1.807) is 18.2 Å². The average Bonchev–Trinajstić information content (AvgIpc) is 3.06. The number of hydrogen-bond acceptors (Lipinski definition) is 4. The maximum atomic E-state index is 12.1. The van der Waals surface area contributed by atoms with Crippen LogP contribution in [0.15, 0.2) is 29.4 Å². The summed E-state index contributed by atoms with van der Waals surface area (Å²) in [5.74, 6) is 0.495. The second-order valence-corrected chi connectivity index (χ2v) is 5.61. The minimum Gasteiger partial charge on any atom is -0.483 e. The monoisotopic (exact) mass is 277 g/mol. The van der Waals surface area contributed by atoms with Crippen LogP contribution in [0.2, 0.25) is 0 Å². The molecule has 0 aromatic heterocycles. The van der Waals surface area contributed by atoms with Gasteiger partial charge in [0.05, 0.1) is 5.69 Å². The molecule has 1 unspecified atom stereocenters. The number of benzene rings is 1. The Morgan fingerprint density at radius 1 is 1.55 bits per heavy atom. The highest BCUT2D eigenvalue weighted by atomic mass is 16.5. The zero-order valence-corrected chi connectivity index (χ0v) is 11.6. The third-order valence-corrected chi connectivity index (χ3v) is 3.48. The van der Waals surface area contributed by atoms with Crippen LogP contribution < -0.4 is 15.8 Å². The first-order valence-electron chi connectivity index (χ1n) is 6.43. The highest BCUT2D eigenvalue weighted by Crippen LogP contribution is 2.52. The maximum Gasteiger partial charge on any atom is 0.228 e. The van der Waals surface area contributed by atoms with Crippen LogP contribution in [0, 0.1) is 11.3 Å². The first-order chi connectivity index (χ1) is 9.44. The number of carbonyl (C=O) groups is 1. The lowest BCUT2D eigenvalue weighted by Gasteiger charge is -2.12. The summed E-state index contributed by atoms with van der Waals surface area (Å²) >= 11 is 0. The van der Waals surface area contributed by atoms with Gasteiger partial charge in [0.2, 0.25) is 5.91 Å². The number of nitrogens with one attached hydrogen (secondary N) is 1. The molecular formula is C14H19N3O3. The normalized spacial score (nSPS) is 20.3. The highest BCUT2D eigenvalue weighted by Gasteiger charge is 2.50. The maximum absolute atomic E-state index is 12.1. The fourth-order valence-electron chi connectivity index (χ4n) is 2.01. The Kier molecular flexibility index (Phi) is 3.83. The number of hydrogen-bond donors (Lipinski definition) is 3. The van der Waals surface area contributed by atoms with Crippen LogP contribution in [-0.2, 0) is 4.79 Å². The number of nitrogens with two attached hydrogens (primary N) is 1. The number of nitrogens with zero attached hydrogens (tertiary/aromatic N) is 1. The van der Waals surface area contributed by atoms with Gasteiger partial charge in [-0.05, 0) is 24.0 Å². The molecule has 0 radical (unpaired) electrons. The Hall–Kier alpha value is -2.24. The predicted octanol–water partition coefficient (Wildman–Crippen LogP) is 1.80. The lowest BCUT2D eigenvalue weighted by atomic mass is 10.1. The summed E-state index contributed by atoms with van der Waals surface area (Å²) in [4.78, 5) is 12.1. The van der Waals surface area contributed by atoms with Crippen molar-refractivity contribution in [3.8, 4) is 5.75 Å². The van der Waals surface area contributed by atoms with Gasteiger partial charge in [-0.1, -0.05) is 31.1 Å². The summed E-state index contributed by atoms with van der Waals surface area (Å²) in [5, 5.41) is 14.2. The van der Waals surface area contributed by atoms with Crippen molar-refractivity contribution in [2.24, 2.45) is 22.2 Å². The highest BCUT2D eigenvalue weighted by molar-refractivity contribution is 5.96. The number of anilines is 1. The number of carbonyl (C=O) groups excluding carboxylic acids is 1. The van der Waals surface area contributed by atoms with Crippen LogP contribution >= 0.6 is 0 Å². The minimum atomic E-state index is -0.0433. The third-order valence-electron chi connectivity index (χ3n) is 3.48. The van der Waals surface area contributed by atoms with E-state index in [0.717, 1.165) is 6.42 Å². The number of amidine groups is 1. The Labute approximate surface area is 117 Å². The second-order valence-electron chi connectivity index (χ2n) is 5.61. The molecule has 1 aliphatic rings. The van der Waals surface area contributed by atoms with Crippen LogP contribution in [0.5, 0.6) is 5.75 Å².